The molecule has 8 heteroatoms. The molecule has 0 aliphatic rings. The number of aromatic nitrogens is 2. The van der Waals surface area contributed by atoms with E-state index < -0.39 is 12.1 Å². The van der Waals surface area contributed by atoms with E-state index in [0.717, 1.165) is 18.5 Å². The second-order valence-corrected chi connectivity index (χ2v) is 3.72. The lowest BCUT2D eigenvalue weighted by Crippen LogP contribution is -3.00. The van der Waals surface area contributed by atoms with E-state index >= 15 is 0 Å². The summed E-state index contributed by atoms with van der Waals surface area (Å²) in [6, 6.07) is 6.94. The molecule has 0 unspecified atom stereocenters. The van der Waals surface area contributed by atoms with Gasteiger partial charge in [-0.3, -0.25) is 0 Å². The number of alkyl halides is 3. The topological polar surface area (TPSA) is 66.6 Å². The Hall–Kier alpha value is -1.60. The number of benzene rings is 1. The number of rotatable bonds is 3. The molecule has 19 heavy (non-hydrogen) atoms. The van der Waals surface area contributed by atoms with Gasteiger partial charge in [0.15, 0.2) is 0 Å². The van der Waals surface area contributed by atoms with Gasteiger partial charge in [-0.1, -0.05) is 29.4 Å². The fraction of sp³-hybridized carbons (Fsp3) is 0.273. The zero-order valence-electron chi connectivity index (χ0n) is 9.75. The van der Waals surface area contributed by atoms with Crippen LogP contribution in [0.25, 0.3) is 11.4 Å². The van der Waals surface area contributed by atoms with Crippen molar-refractivity contribution in [3.8, 4) is 11.4 Å². The zero-order valence-corrected chi connectivity index (χ0v) is 10.5. The van der Waals surface area contributed by atoms with Gasteiger partial charge in [-0.05, 0) is 5.56 Å². The third kappa shape index (κ3) is 3.68. The molecule has 0 saturated carbocycles. The summed E-state index contributed by atoms with van der Waals surface area (Å²) in [5.74, 6) is -1.40. The monoisotopic (exact) mass is 293 g/mol. The predicted molar refractivity (Wildman–Crippen MR) is 56.2 cm³/mol. The Bertz CT molecular complexity index is 525. The highest BCUT2D eigenvalue weighted by Crippen LogP contribution is 2.29. The van der Waals surface area contributed by atoms with Crippen molar-refractivity contribution in [2.75, 3.05) is 6.54 Å². The van der Waals surface area contributed by atoms with Crippen molar-refractivity contribution in [2.45, 2.75) is 12.6 Å². The molecule has 1 aromatic carbocycles. The molecule has 104 valence electrons. The van der Waals surface area contributed by atoms with Crippen molar-refractivity contribution >= 4 is 0 Å². The first kappa shape index (κ1) is 15.5. The van der Waals surface area contributed by atoms with Crippen molar-refractivity contribution < 1.29 is 35.8 Å². The van der Waals surface area contributed by atoms with Crippen LogP contribution in [0.5, 0.6) is 0 Å². The lowest BCUT2D eigenvalue weighted by Gasteiger charge is -1.98. The molecule has 3 N–H and O–H groups in total. The van der Waals surface area contributed by atoms with E-state index in [1.54, 1.807) is 12.1 Å². The molecule has 0 radical (unpaired) electrons. The molecule has 0 spiro atoms. The highest BCUT2D eigenvalue weighted by atomic mass is 35.5. The summed E-state index contributed by atoms with van der Waals surface area (Å²) in [7, 11) is 0. The highest BCUT2D eigenvalue weighted by molar-refractivity contribution is 5.54. The summed E-state index contributed by atoms with van der Waals surface area (Å²) < 4.78 is 41.0. The zero-order chi connectivity index (χ0) is 13.2. The van der Waals surface area contributed by atoms with Gasteiger partial charge in [-0.15, -0.1) is 0 Å². The Balaban J connectivity index is 0.00000180. The molecule has 0 aliphatic carbocycles. The van der Waals surface area contributed by atoms with E-state index in [-0.39, 0.29) is 18.2 Å². The van der Waals surface area contributed by atoms with Crippen LogP contribution in [-0.4, -0.2) is 16.7 Å². The standard InChI is InChI=1S/C11H10F3N3O.ClH/c12-11(13,14)10-16-9(17-18-10)8-3-1-7(2-4-8)5-6-15;/h1-4H,5-6,15H2;1H. The molecule has 0 aliphatic heterocycles. The van der Waals surface area contributed by atoms with Crippen LogP contribution in [0, 0.1) is 0 Å². The highest BCUT2D eigenvalue weighted by Gasteiger charge is 2.38. The lowest BCUT2D eigenvalue weighted by molar-refractivity contribution is -0.366. The molecular weight excluding hydrogens is 283 g/mol. The quantitative estimate of drug-likeness (QED) is 0.752. The fourth-order valence-corrected chi connectivity index (χ4v) is 1.48. The maximum absolute atomic E-state index is 12.3. The third-order valence-corrected chi connectivity index (χ3v) is 2.35. The van der Waals surface area contributed by atoms with Crippen LogP contribution in [0.15, 0.2) is 28.8 Å². The van der Waals surface area contributed by atoms with Crippen molar-refractivity contribution in [3.05, 3.63) is 35.7 Å². The van der Waals surface area contributed by atoms with Gasteiger partial charge < -0.3 is 22.7 Å². The predicted octanol–water partition coefficient (Wildman–Crippen LogP) is -1.46. The molecule has 0 amide bonds. The normalized spacial score (nSPS) is 11.2. The Kier molecular flexibility index (Phi) is 4.90. The minimum atomic E-state index is -4.61. The Morgan fingerprint density at radius 1 is 1.16 bits per heavy atom. The molecule has 0 bridgehead atoms. The van der Waals surface area contributed by atoms with Gasteiger partial charge in [0.05, 0.1) is 6.54 Å². The van der Waals surface area contributed by atoms with Gasteiger partial charge in [-0.25, -0.2) is 0 Å². The fourth-order valence-electron chi connectivity index (χ4n) is 1.48. The first-order chi connectivity index (χ1) is 8.50. The van der Waals surface area contributed by atoms with E-state index in [4.69, 9.17) is 0 Å². The van der Waals surface area contributed by atoms with Gasteiger partial charge in [-0.2, -0.15) is 18.2 Å². The van der Waals surface area contributed by atoms with Crippen LogP contribution in [0.3, 0.4) is 0 Å². The number of nitrogens with zero attached hydrogens (tertiary/aromatic N) is 2. The largest absolute Gasteiger partial charge is 1.00 e. The summed E-state index contributed by atoms with van der Waals surface area (Å²) in [5, 5.41) is 3.31. The molecule has 4 nitrogen and oxygen atoms in total. The molecule has 0 saturated heterocycles. The van der Waals surface area contributed by atoms with Crippen molar-refractivity contribution in [1.29, 1.82) is 0 Å². The Morgan fingerprint density at radius 3 is 2.26 bits per heavy atom. The summed E-state index contributed by atoms with van der Waals surface area (Å²) >= 11 is 0. The smallest absolute Gasteiger partial charge is 0.471 e. The summed E-state index contributed by atoms with van der Waals surface area (Å²) in [6.07, 6.45) is -3.79. The number of hydrogen-bond donors (Lipinski definition) is 1. The SMILES string of the molecule is [Cl-].[NH3+]CCc1ccc(-c2noc(C(F)(F)F)n2)cc1. The second-order valence-electron chi connectivity index (χ2n) is 3.72. The van der Waals surface area contributed by atoms with Crippen molar-refractivity contribution in [1.82, 2.24) is 10.1 Å². The summed E-state index contributed by atoms with van der Waals surface area (Å²) in [6.45, 7) is 0.764. The minimum absolute atomic E-state index is 0. The number of quaternary nitrogens is 1. The molecule has 1 aromatic heterocycles. The third-order valence-electron chi connectivity index (χ3n) is 2.35. The van der Waals surface area contributed by atoms with Crippen LogP contribution < -0.4 is 18.1 Å². The van der Waals surface area contributed by atoms with Crippen molar-refractivity contribution in [3.63, 3.8) is 0 Å². The van der Waals surface area contributed by atoms with E-state index in [1.807, 2.05) is 12.1 Å². The Labute approximate surface area is 113 Å². The van der Waals surface area contributed by atoms with E-state index in [1.165, 1.54) is 0 Å². The number of halogens is 4. The molecule has 0 atom stereocenters. The second kappa shape index (κ2) is 6.03. The first-order valence-corrected chi connectivity index (χ1v) is 5.30. The molecule has 1 heterocycles. The average molecular weight is 294 g/mol. The van der Waals surface area contributed by atoms with Crippen LogP contribution in [0.2, 0.25) is 0 Å². The van der Waals surface area contributed by atoms with Gasteiger partial charge in [0.25, 0.3) is 0 Å². The first-order valence-electron chi connectivity index (χ1n) is 5.30. The average Bonchev–Trinajstić information content (AvgIpc) is 2.79. The van der Waals surface area contributed by atoms with Crippen LogP contribution in [0.4, 0.5) is 13.2 Å². The van der Waals surface area contributed by atoms with Gasteiger partial charge in [0, 0.05) is 12.0 Å². The maximum atomic E-state index is 12.3. The van der Waals surface area contributed by atoms with Gasteiger partial charge in [0.1, 0.15) is 0 Å². The van der Waals surface area contributed by atoms with Crippen LogP contribution in [0.1, 0.15) is 11.5 Å². The Morgan fingerprint density at radius 2 is 1.79 bits per heavy atom. The van der Waals surface area contributed by atoms with E-state index in [9.17, 15) is 13.2 Å². The van der Waals surface area contributed by atoms with Crippen molar-refractivity contribution in [2.24, 2.45) is 0 Å². The maximum Gasteiger partial charge on any atom is 0.471 e. The molecule has 2 aromatic rings. The van der Waals surface area contributed by atoms with Crippen LogP contribution in [-0.2, 0) is 12.6 Å². The van der Waals surface area contributed by atoms with Gasteiger partial charge in [0.2, 0.25) is 5.82 Å². The van der Waals surface area contributed by atoms with Gasteiger partial charge >= 0.3 is 12.1 Å². The summed E-state index contributed by atoms with van der Waals surface area (Å²) in [5.41, 5.74) is 5.28. The lowest BCUT2D eigenvalue weighted by atomic mass is 10.1. The minimum Gasteiger partial charge on any atom is -1.00 e. The molecule has 2 rings (SSSR count). The molecule has 0 fully saturated rings. The van der Waals surface area contributed by atoms with Crippen LogP contribution >= 0.6 is 0 Å². The summed E-state index contributed by atoms with van der Waals surface area (Å²) in [4.78, 5) is 3.31. The molecular formula is C11H11ClF3N3O. The number of hydrogen-bond acceptors (Lipinski definition) is 3. The van der Waals surface area contributed by atoms with E-state index in [2.05, 4.69) is 20.4 Å². The van der Waals surface area contributed by atoms with E-state index in [0.29, 0.717) is 5.56 Å².